The maximum atomic E-state index is 14.4. The molecule has 0 aliphatic carbocycles. The average molecular weight is 1010 g/mol. The van der Waals surface area contributed by atoms with E-state index in [4.69, 9.17) is 18.6 Å². The molecule has 6 aromatic rings. The number of aliphatic imine (C=N–C) groups is 2. The zero-order chi connectivity index (χ0) is 50.2. The Bertz CT molecular complexity index is 2540. The summed E-state index contributed by atoms with van der Waals surface area (Å²) in [6.45, 7) is 15.2. The van der Waals surface area contributed by atoms with Crippen molar-refractivity contribution in [2.75, 3.05) is 0 Å². The van der Waals surface area contributed by atoms with E-state index in [1.54, 1.807) is 72.8 Å². The van der Waals surface area contributed by atoms with E-state index in [1.165, 1.54) is 0 Å². The molecule has 0 amide bonds. The first-order valence-electron chi connectivity index (χ1n) is 20.5. The number of phenols is 2. The SMILES string of the molecule is CC(C)c1cc(C(=Nc2c(F)c(F)c(F)c(F)c2F)c2ccccc2)c(O)c(C(C)C)c1.CC(C)c1cc(C(=Nc2c(F)c(F)c(F)c(F)c2F)c2ccccc2)c(O)c(C(C)C)c1.[Cl][Ti][Cl]. The second-order valence-electron chi connectivity index (χ2n) is 16.2. The summed E-state index contributed by atoms with van der Waals surface area (Å²) in [7, 11) is 9.78. The van der Waals surface area contributed by atoms with Crippen LogP contribution in [0.15, 0.2) is 94.9 Å². The van der Waals surface area contributed by atoms with Gasteiger partial charge in [0.15, 0.2) is 46.5 Å². The van der Waals surface area contributed by atoms with Crippen LogP contribution in [0, 0.1) is 58.2 Å². The molecule has 0 aliphatic rings. The van der Waals surface area contributed by atoms with E-state index < -0.39 is 86.6 Å². The Kier molecular flexibility index (Phi) is 19.3. The zero-order valence-electron chi connectivity index (χ0n) is 37.2. The minimum absolute atomic E-state index is 0.0399. The van der Waals surface area contributed by atoms with Crippen molar-refractivity contribution in [3.05, 3.63) is 188 Å². The Morgan fingerprint density at radius 1 is 0.418 bits per heavy atom. The fourth-order valence-electron chi connectivity index (χ4n) is 6.63. The van der Waals surface area contributed by atoms with Gasteiger partial charge in [0.25, 0.3) is 0 Å². The van der Waals surface area contributed by atoms with Crippen molar-refractivity contribution in [2.24, 2.45) is 9.98 Å². The van der Waals surface area contributed by atoms with E-state index >= 15 is 0 Å². The van der Waals surface area contributed by atoms with Crippen molar-refractivity contribution in [3.63, 3.8) is 0 Å². The molecule has 0 heterocycles. The fraction of sp³-hybridized carbons (Fsp3) is 0.240. The summed E-state index contributed by atoms with van der Waals surface area (Å²) >= 11 is -0.556. The van der Waals surface area contributed by atoms with Crippen LogP contribution in [0.3, 0.4) is 0 Å². The van der Waals surface area contributed by atoms with Crippen LogP contribution in [0.5, 0.6) is 11.5 Å². The first-order chi connectivity index (χ1) is 31.5. The van der Waals surface area contributed by atoms with Gasteiger partial charge < -0.3 is 10.2 Å². The average Bonchev–Trinajstić information content (AvgIpc) is 3.30. The van der Waals surface area contributed by atoms with E-state index in [9.17, 15) is 54.1 Å². The molecule has 354 valence electrons. The van der Waals surface area contributed by atoms with Crippen LogP contribution in [0.2, 0.25) is 0 Å². The van der Waals surface area contributed by atoms with Gasteiger partial charge in [-0.15, -0.1) is 0 Å². The predicted molar refractivity (Wildman–Crippen MR) is 240 cm³/mol. The predicted octanol–water partition coefficient (Wildman–Crippen LogP) is 16.4. The third kappa shape index (κ3) is 12.3. The maximum absolute atomic E-state index is 14.4. The number of rotatable bonds is 10. The molecule has 6 rings (SSSR count). The molecule has 4 nitrogen and oxygen atoms in total. The number of nitrogens with zero attached hydrogens (tertiary/aromatic N) is 2. The molecule has 0 atom stereocenters. The molecule has 0 saturated heterocycles. The number of hydrogen-bond acceptors (Lipinski definition) is 4. The Labute approximate surface area is 398 Å². The van der Waals surface area contributed by atoms with Crippen molar-refractivity contribution in [1.29, 1.82) is 0 Å². The van der Waals surface area contributed by atoms with Crippen LogP contribution >= 0.6 is 18.6 Å². The molecule has 17 heteroatoms. The second-order valence-corrected chi connectivity index (χ2v) is 18.8. The molecule has 0 aliphatic heterocycles. The van der Waals surface area contributed by atoms with Gasteiger partial charge in [-0.1, -0.05) is 128 Å². The molecular weight excluding hydrogens is 969 g/mol. The third-order valence-corrected chi connectivity index (χ3v) is 10.3. The van der Waals surface area contributed by atoms with Crippen molar-refractivity contribution >= 4 is 41.4 Å². The Morgan fingerprint density at radius 2 is 0.672 bits per heavy atom. The standard InChI is InChI=1S/2C25H22F5NO.2ClH.Ti/c2*1-12(2)15-10-16(13(3)4)25(32)17(11-15)23(14-8-6-5-7-9-14)31-24-21(29)19(27)18(26)20(28)22(24)30;;;/h2*5-13,32H,1-4H3;2*1H;/q;;;;+2/p-2. The quantitative estimate of drug-likeness (QED) is 0.0472. The number of aromatic hydroxyl groups is 2. The number of halogens is 12. The summed E-state index contributed by atoms with van der Waals surface area (Å²) in [5, 5.41) is 22.0. The molecule has 0 fully saturated rings. The fourth-order valence-corrected chi connectivity index (χ4v) is 6.63. The van der Waals surface area contributed by atoms with Gasteiger partial charge in [-0.05, 0) is 58.1 Å². The summed E-state index contributed by atoms with van der Waals surface area (Å²) in [6.07, 6.45) is 0. The molecule has 0 radical (unpaired) electrons. The van der Waals surface area contributed by atoms with E-state index in [1.807, 2.05) is 67.5 Å². The third-order valence-electron chi connectivity index (χ3n) is 10.3. The van der Waals surface area contributed by atoms with Gasteiger partial charge in [-0.3, -0.25) is 0 Å². The van der Waals surface area contributed by atoms with Gasteiger partial charge in [0.2, 0.25) is 11.6 Å². The molecule has 0 unspecified atom stereocenters. The Hall–Kier alpha value is -5.15. The van der Waals surface area contributed by atoms with Gasteiger partial charge in [0.05, 0.1) is 11.4 Å². The molecule has 6 aromatic carbocycles. The van der Waals surface area contributed by atoms with Crippen LogP contribution < -0.4 is 0 Å². The topological polar surface area (TPSA) is 65.2 Å². The normalized spacial score (nSPS) is 11.8. The number of phenolic OH excluding ortho intramolecular Hbond substituents is 2. The van der Waals surface area contributed by atoms with Gasteiger partial charge in [-0.25, -0.2) is 53.9 Å². The number of benzene rings is 6. The van der Waals surface area contributed by atoms with Crippen LogP contribution in [-0.4, -0.2) is 21.6 Å². The Balaban J connectivity index is 0.000000276. The van der Waals surface area contributed by atoms with Gasteiger partial charge >= 0.3 is 35.6 Å². The van der Waals surface area contributed by atoms with Crippen molar-refractivity contribution < 1.29 is 71.1 Å². The molecule has 2 N–H and O–H groups in total. The van der Waals surface area contributed by atoms with Crippen LogP contribution in [-0.2, 0) is 17.0 Å². The van der Waals surface area contributed by atoms with Crippen LogP contribution in [0.1, 0.15) is 124 Å². The summed E-state index contributed by atoms with van der Waals surface area (Å²) in [5.41, 5.74) is 0.868. The first-order valence-corrected chi connectivity index (χ1v) is 24.8. The van der Waals surface area contributed by atoms with Gasteiger partial charge in [-0.2, -0.15) is 0 Å². The first kappa shape index (κ1) is 54.5. The van der Waals surface area contributed by atoms with Crippen LogP contribution in [0.4, 0.5) is 55.3 Å². The van der Waals surface area contributed by atoms with Crippen molar-refractivity contribution in [1.82, 2.24) is 0 Å². The summed E-state index contributed by atoms with van der Waals surface area (Å²) in [6, 6.07) is 23.1. The molecule has 67 heavy (non-hydrogen) atoms. The molecule has 0 bridgehead atoms. The number of hydrogen-bond donors (Lipinski definition) is 2. The summed E-state index contributed by atoms with van der Waals surface area (Å²) < 4.78 is 140. The second kappa shape index (κ2) is 23.7. The summed E-state index contributed by atoms with van der Waals surface area (Å²) in [4.78, 5) is 7.77. The van der Waals surface area contributed by atoms with Crippen molar-refractivity contribution in [2.45, 2.75) is 79.1 Å². The van der Waals surface area contributed by atoms with Crippen LogP contribution in [0.25, 0.3) is 0 Å². The van der Waals surface area contributed by atoms with E-state index in [-0.39, 0.29) is 57.7 Å². The summed E-state index contributed by atoms with van der Waals surface area (Å²) in [5.74, 6) is -21.5. The Morgan fingerprint density at radius 3 is 0.910 bits per heavy atom. The molecule has 0 spiro atoms. The van der Waals surface area contributed by atoms with E-state index in [0.29, 0.717) is 22.3 Å². The van der Waals surface area contributed by atoms with Crippen molar-refractivity contribution in [3.8, 4) is 11.5 Å². The van der Waals surface area contributed by atoms with E-state index in [0.717, 1.165) is 11.1 Å². The molecular formula is C50H44Cl2F10N2O2Ti. The zero-order valence-corrected chi connectivity index (χ0v) is 40.3. The minimum atomic E-state index is -2.26. The van der Waals surface area contributed by atoms with E-state index in [2.05, 4.69) is 9.98 Å². The van der Waals surface area contributed by atoms with Gasteiger partial charge in [0.1, 0.15) is 22.9 Å². The molecule has 0 saturated carbocycles. The van der Waals surface area contributed by atoms with Gasteiger partial charge in [0, 0.05) is 22.3 Å². The monoisotopic (exact) mass is 1010 g/mol. The molecule has 0 aromatic heterocycles.